The molecule has 4 N–H and O–H groups in total. The van der Waals surface area contributed by atoms with Crippen molar-refractivity contribution in [3.8, 4) is 0 Å². The van der Waals surface area contributed by atoms with Crippen LogP contribution >= 0.6 is 11.3 Å². The summed E-state index contributed by atoms with van der Waals surface area (Å²) in [6.45, 7) is 1.14. The number of amides is 1. The van der Waals surface area contributed by atoms with E-state index in [9.17, 15) is 9.90 Å². The second-order valence-electron chi connectivity index (χ2n) is 5.62. The average Bonchev–Trinajstić information content (AvgIpc) is 3.15. The number of rotatable bonds is 2. The lowest BCUT2D eigenvalue weighted by Gasteiger charge is -2.25. The van der Waals surface area contributed by atoms with Crippen molar-refractivity contribution < 1.29 is 9.90 Å². The van der Waals surface area contributed by atoms with Gasteiger partial charge in [0.15, 0.2) is 5.13 Å². The van der Waals surface area contributed by atoms with E-state index >= 15 is 0 Å². The maximum atomic E-state index is 12.8. The number of aliphatic hydroxyl groups is 1. The molecule has 6 nitrogen and oxygen atoms in total. The number of hydrogen-bond donors (Lipinski definition) is 3. The van der Waals surface area contributed by atoms with Crippen LogP contribution in [0.4, 0.5) is 5.13 Å². The van der Waals surface area contributed by atoms with Crippen molar-refractivity contribution in [2.45, 2.75) is 19.6 Å². The normalized spacial score (nSPS) is 14.2. The van der Waals surface area contributed by atoms with Crippen molar-refractivity contribution in [1.82, 2.24) is 14.9 Å². The van der Waals surface area contributed by atoms with Crippen LogP contribution in [0.15, 0.2) is 24.3 Å². The molecular formula is C16H16N4O2S. The highest BCUT2D eigenvalue weighted by Gasteiger charge is 2.25. The smallest absolute Gasteiger partial charge is 0.270 e. The highest BCUT2D eigenvalue weighted by atomic mass is 32.1. The maximum absolute atomic E-state index is 12.8. The molecule has 0 saturated carbocycles. The predicted octanol–water partition coefficient (Wildman–Crippen LogP) is 1.90. The number of anilines is 1. The van der Waals surface area contributed by atoms with Gasteiger partial charge in [-0.3, -0.25) is 4.79 Å². The van der Waals surface area contributed by atoms with Gasteiger partial charge in [0.1, 0.15) is 5.69 Å². The molecule has 0 bridgehead atoms. The molecular weight excluding hydrogens is 312 g/mol. The molecule has 0 spiro atoms. The Labute approximate surface area is 136 Å². The van der Waals surface area contributed by atoms with Crippen LogP contribution in [-0.4, -0.2) is 32.4 Å². The minimum absolute atomic E-state index is 0.0392. The summed E-state index contributed by atoms with van der Waals surface area (Å²) in [5, 5.41) is 10.9. The summed E-state index contributed by atoms with van der Waals surface area (Å²) in [6, 6.07) is 7.45. The number of aromatic nitrogens is 2. The molecule has 0 atom stereocenters. The van der Waals surface area contributed by atoms with E-state index in [1.165, 1.54) is 11.3 Å². The lowest BCUT2D eigenvalue weighted by molar-refractivity contribution is 0.0731. The summed E-state index contributed by atoms with van der Waals surface area (Å²) >= 11 is 1.45. The number of benzene rings is 1. The number of nitrogen functional groups attached to an aromatic ring is 1. The van der Waals surface area contributed by atoms with Crippen molar-refractivity contribution in [3.05, 3.63) is 46.1 Å². The maximum Gasteiger partial charge on any atom is 0.270 e. The number of aliphatic hydroxyl groups excluding tert-OH is 1. The number of nitrogens with two attached hydrogens (primary N) is 1. The second kappa shape index (κ2) is 5.36. The zero-order valence-corrected chi connectivity index (χ0v) is 13.2. The lowest BCUT2D eigenvalue weighted by Crippen LogP contribution is -2.35. The topological polar surface area (TPSA) is 95.2 Å². The third-order valence-corrected chi connectivity index (χ3v) is 5.10. The van der Waals surface area contributed by atoms with Crippen molar-refractivity contribution in [2.75, 3.05) is 12.3 Å². The van der Waals surface area contributed by atoms with Gasteiger partial charge in [-0.1, -0.05) is 12.1 Å². The van der Waals surface area contributed by atoms with E-state index in [-0.39, 0.29) is 12.5 Å². The number of carbonyl (C=O) groups is 1. The van der Waals surface area contributed by atoms with Crippen molar-refractivity contribution in [1.29, 1.82) is 0 Å². The molecule has 0 fully saturated rings. The van der Waals surface area contributed by atoms with Crippen molar-refractivity contribution >= 4 is 33.3 Å². The van der Waals surface area contributed by atoms with E-state index in [1.54, 1.807) is 0 Å². The number of nitrogens with one attached hydrogen (secondary N) is 1. The Hall–Kier alpha value is -2.38. The van der Waals surface area contributed by atoms with E-state index < -0.39 is 0 Å². The fourth-order valence-corrected chi connectivity index (χ4v) is 3.92. The third-order valence-electron chi connectivity index (χ3n) is 4.19. The zero-order chi connectivity index (χ0) is 16.0. The van der Waals surface area contributed by atoms with Gasteiger partial charge in [0.05, 0.1) is 18.8 Å². The molecule has 1 aliphatic rings. The van der Waals surface area contributed by atoms with Crippen LogP contribution in [0, 0.1) is 0 Å². The molecule has 1 aromatic carbocycles. The second-order valence-corrected chi connectivity index (χ2v) is 6.73. The van der Waals surface area contributed by atoms with Gasteiger partial charge in [0.2, 0.25) is 0 Å². The number of carbonyl (C=O) groups excluding carboxylic acids is 1. The van der Waals surface area contributed by atoms with Gasteiger partial charge < -0.3 is 20.7 Å². The summed E-state index contributed by atoms with van der Waals surface area (Å²) < 4.78 is 0. The van der Waals surface area contributed by atoms with Crippen molar-refractivity contribution in [3.63, 3.8) is 0 Å². The Morgan fingerprint density at radius 2 is 2.35 bits per heavy atom. The summed E-state index contributed by atoms with van der Waals surface area (Å²) in [5.41, 5.74) is 8.98. The van der Waals surface area contributed by atoms with Crippen LogP contribution in [0.2, 0.25) is 0 Å². The van der Waals surface area contributed by atoms with Crippen LogP contribution in [0.3, 0.4) is 0 Å². The SMILES string of the molecule is Nc1nc2c(s1)CN(C(=O)c1cc3c(CO)cccc3[nH]1)CC2. The summed E-state index contributed by atoms with van der Waals surface area (Å²) in [7, 11) is 0. The van der Waals surface area contributed by atoms with Gasteiger partial charge in [-0.2, -0.15) is 0 Å². The molecule has 0 unspecified atom stereocenters. The Kier molecular flexibility index (Phi) is 3.32. The largest absolute Gasteiger partial charge is 0.392 e. The Morgan fingerprint density at radius 3 is 3.17 bits per heavy atom. The summed E-state index contributed by atoms with van der Waals surface area (Å²) in [6.07, 6.45) is 0.733. The zero-order valence-electron chi connectivity index (χ0n) is 12.4. The molecule has 3 aromatic rings. The molecule has 0 radical (unpaired) electrons. The average molecular weight is 328 g/mol. The van der Waals surface area contributed by atoms with Gasteiger partial charge in [-0.15, -0.1) is 11.3 Å². The fourth-order valence-electron chi connectivity index (χ4n) is 3.03. The number of thiazole rings is 1. The Bertz CT molecular complexity index is 899. The van der Waals surface area contributed by atoms with E-state index in [1.807, 2.05) is 29.2 Å². The van der Waals surface area contributed by atoms with Gasteiger partial charge in [0, 0.05) is 28.7 Å². The van der Waals surface area contributed by atoms with Gasteiger partial charge in [-0.25, -0.2) is 4.98 Å². The van der Waals surface area contributed by atoms with E-state index in [0.29, 0.717) is 23.9 Å². The molecule has 1 aliphatic heterocycles. The summed E-state index contributed by atoms with van der Waals surface area (Å²) in [4.78, 5) is 23.1. The lowest BCUT2D eigenvalue weighted by atomic mass is 10.1. The third kappa shape index (κ3) is 2.38. The molecule has 0 aliphatic carbocycles. The highest BCUT2D eigenvalue weighted by molar-refractivity contribution is 7.15. The van der Waals surface area contributed by atoms with E-state index in [4.69, 9.17) is 5.73 Å². The summed E-state index contributed by atoms with van der Waals surface area (Å²) in [5.74, 6) is -0.0392. The Balaban J connectivity index is 1.65. The number of nitrogens with zero attached hydrogens (tertiary/aromatic N) is 2. The molecule has 2 aromatic heterocycles. The predicted molar refractivity (Wildman–Crippen MR) is 89.2 cm³/mol. The fraction of sp³-hybridized carbons (Fsp3) is 0.250. The minimum atomic E-state index is -0.0456. The number of fused-ring (bicyclic) bond motifs is 2. The van der Waals surface area contributed by atoms with Crippen LogP contribution < -0.4 is 5.73 Å². The van der Waals surface area contributed by atoms with Crippen LogP contribution in [-0.2, 0) is 19.6 Å². The quantitative estimate of drug-likeness (QED) is 0.669. The van der Waals surface area contributed by atoms with Crippen LogP contribution in [0.25, 0.3) is 10.9 Å². The number of aromatic amines is 1. The number of H-pyrrole nitrogens is 1. The molecule has 118 valence electrons. The molecule has 4 rings (SSSR count). The first kappa shape index (κ1) is 14.2. The first-order valence-corrected chi connectivity index (χ1v) is 8.22. The van der Waals surface area contributed by atoms with Gasteiger partial charge in [-0.05, 0) is 17.7 Å². The monoisotopic (exact) mass is 328 g/mol. The van der Waals surface area contributed by atoms with Crippen molar-refractivity contribution in [2.24, 2.45) is 0 Å². The molecule has 0 saturated heterocycles. The molecule has 23 heavy (non-hydrogen) atoms. The molecule has 3 heterocycles. The van der Waals surface area contributed by atoms with E-state index in [0.717, 1.165) is 33.5 Å². The number of hydrogen-bond acceptors (Lipinski definition) is 5. The first-order valence-electron chi connectivity index (χ1n) is 7.40. The standard InChI is InChI=1S/C16H16N4O2S/c17-16-19-12-4-5-20(7-14(12)23-16)15(22)13-6-10-9(8-21)2-1-3-11(10)18-13/h1-3,6,18,21H,4-5,7-8H2,(H2,17,19). The highest BCUT2D eigenvalue weighted by Crippen LogP contribution is 2.28. The van der Waals surface area contributed by atoms with Crippen LogP contribution in [0.5, 0.6) is 0 Å². The Morgan fingerprint density at radius 1 is 1.48 bits per heavy atom. The van der Waals surface area contributed by atoms with Crippen LogP contribution in [0.1, 0.15) is 26.6 Å². The minimum Gasteiger partial charge on any atom is -0.392 e. The molecule has 7 heteroatoms. The van der Waals surface area contributed by atoms with E-state index in [2.05, 4.69) is 9.97 Å². The molecule has 1 amide bonds. The van der Waals surface area contributed by atoms with Gasteiger partial charge >= 0.3 is 0 Å². The van der Waals surface area contributed by atoms with Gasteiger partial charge in [0.25, 0.3) is 5.91 Å². The first-order chi connectivity index (χ1) is 11.2.